The molecule has 1 amide bonds. The number of nitro groups is 1. The van der Waals surface area contributed by atoms with E-state index in [-0.39, 0.29) is 17.5 Å². The highest BCUT2D eigenvalue weighted by molar-refractivity contribution is 5.91. The monoisotopic (exact) mass is 310 g/mol. The van der Waals surface area contributed by atoms with Gasteiger partial charge in [0.05, 0.1) is 4.92 Å². The van der Waals surface area contributed by atoms with Gasteiger partial charge >= 0.3 is 0 Å². The first-order valence-corrected chi connectivity index (χ1v) is 7.31. The Labute approximate surface area is 134 Å². The molecule has 2 aromatic rings. The molecule has 0 bridgehead atoms. The minimum Gasteiger partial charge on any atom is -0.352 e. The maximum absolute atomic E-state index is 11.8. The van der Waals surface area contributed by atoms with E-state index >= 15 is 0 Å². The van der Waals surface area contributed by atoms with E-state index in [2.05, 4.69) is 5.32 Å². The van der Waals surface area contributed by atoms with Gasteiger partial charge in [-0.3, -0.25) is 14.9 Å². The molecule has 2 rings (SSSR count). The smallest absolute Gasteiger partial charge is 0.270 e. The Morgan fingerprint density at radius 1 is 1.22 bits per heavy atom. The Morgan fingerprint density at radius 3 is 2.65 bits per heavy atom. The molecule has 5 nitrogen and oxygen atoms in total. The minimum absolute atomic E-state index is 0.00487. The number of rotatable bonds is 6. The first-order chi connectivity index (χ1) is 11.1. The maximum Gasteiger partial charge on any atom is 0.270 e. The summed E-state index contributed by atoms with van der Waals surface area (Å²) in [6.45, 7) is 2.57. The Bertz CT molecular complexity index is 711. The normalized spacial score (nSPS) is 12.0. The van der Waals surface area contributed by atoms with Crippen LogP contribution < -0.4 is 5.32 Å². The fourth-order valence-electron chi connectivity index (χ4n) is 2.13. The zero-order valence-electron chi connectivity index (χ0n) is 12.8. The maximum atomic E-state index is 11.8. The van der Waals surface area contributed by atoms with Crippen LogP contribution in [0, 0.1) is 10.1 Å². The van der Waals surface area contributed by atoms with Gasteiger partial charge in [-0.05, 0) is 23.1 Å². The van der Waals surface area contributed by atoms with Crippen LogP contribution in [0.1, 0.15) is 24.0 Å². The van der Waals surface area contributed by atoms with Gasteiger partial charge in [-0.1, -0.05) is 49.4 Å². The fraction of sp³-hybridized carbons (Fsp3) is 0.167. The molecule has 1 N–H and O–H groups in total. The van der Waals surface area contributed by atoms with Gasteiger partial charge in [0.2, 0.25) is 5.91 Å². The summed E-state index contributed by atoms with van der Waals surface area (Å²) in [6.07, 6.45) is 2.95. The molecule has 0 aliphatic carbocycles. The topological polar surface area (TPSA) is 72.2 Å². The Morgan fingerprint density at radius 2 is 1.96 bits per heavy atom. The summed E-state index contributed by atoms with van der Waals surface area (Å²) < 4.78 is 0. The zero-order valence-corrected chi connectivity index (χ0v) is 12.8. The summed E-state index contributed by atoms with van der Waals surface area (Å²) in [4.78, 5) is 22.1. The summed E-state index contributed by atoms with van der Waals surface area (Å²) in [7, 11) is 0. The number of nitrogens with one attached hydrogen (secondary N) is 1. The quantitative estimate of drug-likeness (QED) is 0.504. The molecule has 23 heavy (non-hydrogen) atoms. The molecule has 0 aliphatic heterocycles. The summed E-state index contributed by atoms with van der Waals surface area (Å²) in [5.74, 6) is -0.00866. The molecule has 0 heterocycles. The number of carbonyl (C=O) groups is 1. The van der Waals surface area contributed by atoms with Crippen molar-refractivity contribution in [2.45, 2.75) is 12.8 Å². The summed E-state index contributed by atoms with van der Waals surface area (Å²) in [6, 6.07) is 16.1. The highest BCUT2D eigenvalue weighted by Gasteiger charge is 2.06. The average Bonchev–Trinajstić information content (AvgIpc) is 2.58. The SMILES string of the molecule is CC(CNC(=O)/C=C/c1cccc([N+](=O)[O-])c1)c1ccccc1. The zero-order chi connectivity index (χ0) is 16.7. The van der Waals surface area contributed by atoms with Crippen molar-refractivity contribution in [2.75, 3.05) is 6.54 Å². The Kier molecular flexibility index (Phi) is 5.63. The molecule has 0 fully saturated rings. The van der Waals surface area contributed by atoms with E-state index in [1.165, 1.54) is 18.2 Å². The third kappa shape index (κ3) is 5.07. The van der Waals surface area contributed by atoms with Crippen LogP contribution >= 0.6 is 0 Å². The van der Waals surface area contributed by atoms with Crippen LogP contribution in [-0.4, -0.2) is 17.4 Å². The molecule has 1 unspecified atom stereocenters. The predicted molar refractivity (Wildman–Crippen MR) is 90.0 cm³/mol. The highest BCUT2D eigenvalue weighted by Crippen LogP contribution is 2.14. The van der Waals surface area contributed by atoms with Crippen LogP contribution in [0.15, 0.2) is 60.7 Å². The van der Waals surface area contributed by atoms with Gasteiger partial charge in [0.15, 0.2) is 0 Å². The second-order valence-corrected chi connectivity index (χ2v) is 5.24. The van der Waals surface area contributed by atoms with Crippen LogP contribution in [0.25, 0.3) is 6.08 Å². The highest BCUT2D eigenvalue weighted by atomic mass is 16.6. The molecular weight excluding hydrogens is 292 g/mol. The largest absolute Gasteiger partial charge is 0.352 e. The van der Waals surface area contributed by atoms with Gasteiger partial charge in [-0.15, -0.1) is 0 Å². The number of carbonyl (C=O) groups excluding carboxylic acids is 1. The summed E-state index contributed by atoms with van der Waals surface area (Å²) in [5.41, 5.74) is 1.78. The van der Waals surface area contributed by atoms with Gasteiger partial charge in [-0.25, -0.2) is 0 Å². The van der Waals surface area contributed by atoms with E-state index in [1.807, 2.05) is 37.3 Å². The van der Waals surface area contributed by atoms with Gasteiger partial charge < -0.3 is 5.32 Å². The van der Waals surface area contributed by atoms with Crippen molar-refractivity contribution in [2.24, 2.45) is 0 Å². The Balaban J connectivity index is 1.89. The fourth-order valence-corrected chi connectivity index (χ4v) is 2.13. The molecular formula is C18H18N2O3. The molecule has 5 heteroatoms. The average molecular weight is 310 g/mol. The van der Waals surface area contributed by atoms with E-state index in [9.17, 15) is 14.9 Å². The molecule has 0 aromatic heterocycles. The van der Waals surface area contributed by atoms with Crippen molar-refractivity contribution in [3.63, 3.8) is 0 Å². The van der Waals surface area contributed by atoms with E-state index < -0.39 is 4.92 Å². The summed E-state index contributed by atoms with van der Waals surface area (Å²) >= 11 is 0. The number of benzene rings is 2. The number of hydrogen-bond acceptors (Lipinski definition) is 3. The molecule has 2 aromatic carbocycles. The van der Waals surface area contributed by atoms with E-state index in [4.69, 9.17) is 0 Å². The van der Waals surface area contributed by atoms with Gasteiger partial charge in [0.1, 0.15) is 0 Å². The van der Waals surface area contributed by atoms with Crippen LogP contribution in [0.3, 0.4) is 0 Å². The lowest BCUT2D eigenvalue weighted by atomic mass is 10.0. The molecule has 0 saturated heterocycles. The number of nitro benzene ring substituents is 1. The molecule has 1 atom stereocenters. The van der Waals surface area contributed by atoms with Crippen LogP contribution in [0.5, 0.6) is 0 Å². The van der Waals surface area contributed by atoms with Crippen LogP contribution in [0.4, 0.5) is 5.69 Å². The van der Waals surface area contributed by atoms with Crippen molar-refractivity contribution < 1.29 is 9.72 Å². The van der Waals surface area contributed by atoms with Crippen LogP contribution in [0.2, 0.25) is 0 Å². The van der Waals surface area contributed by atoms with Crippen molar-refractivity contribution in [3.05, 3.63) is 81.9 Å². The number of non-ortho nitro benzene ring substituents is 1. The lowest BCUT2D eigenvalue weighted by Gasteiger charge is -2.11. The number of nitrogens with zero attached hydrogens (tertiary/aromatic N) is 1. The molecule has 0 saturated carbocycles. The van der Waals surface area contributed by atoms with Crippen molar-refractivity contribution in [3.8, 4) is 0 Å². The van der Waals surface area contributed by atoms with Crippen molar-refractivity contribution >= 4 is 17.7 Å². The first kappa shape index (κ1) is 16.4. The van der Waals surface area contributed by atoms with Crippen LogP contribution in [-0.2, 0) is 4.79 Å². The second-order valence-electron chi connectivity index (χ2n) is 5.24. The van der Waals surface area contributed by atoms with Gasteiger partial charge in [-0.2, -0.15) is 0 Å². The third-order valence-electron chi connectivity index (χ3n) is 3.46. The molecule has 0 aliphatic rings. The van der Waals surface area contributed by atoms with Crippen molar-refractivity contribution in [1.29, 1.82) is 0 Å². The number of amides is 1. The van der Waals surface area contributed by atoms with Gasteiger partial charge in [0.25, 0.3) is 5.69 Å². The molecule has 0 radical (unpaired) electrons. The third-order valence-corrected chi connectivity index (χ3v) is 3.46. The van der Waals surface area contributed by atoms with E-state index in [0.717, 1.165) is 5.56 Å². The minimum atomic E-state index is -0.459. The standard InChI is InChI=1S/C18H18N2O3/c1-14(16-7-3-2-4-8-16)13-19-18(21)11-10-15-6-5-9-17(12-15)20(22)23/h2-12,14H,13H2,1H3,(H,19,21)/b11-10+. The number of hydrogen-bond donors (Lipinski definition) is 1. The second kappa shape index (κ2) is 7.89. The lowest BCUT2D eigenvalue weighted by Crippen LogP contribution is -2.25. The first-order valence-electron chi connectivity index (χ1n) is 7.31. The van der Waals surface area contributed by atoms with Crippen molar-refractivity contribution in [1.82, 2.24) is 5.32 Å². The van der Waals surface area contributed by atoms with E-state index in [1.54, 1.807) is 18.2 Å². The van der Waals surface area contributed by atoms with E-state index in [0.29, 0.717) is 12.1 Å². The molecule has 0 spiro atoms. The molecule has 118 valence electrons. The Hall–Kier alpha value is -2.95. The predicted octanol–water partition coefficient (Wildman–Crippen LogP) is 3.53. The van der Waals surface area contributed by atoms with Gasteiger partial charge in [0, 0.05) is 24.8 Å². The lowest BCUT2D eigenvalue weighted by molar-refractivity contribution is -0.384. The summed E-state index contributed by atoms with van der Waals surface area (Å²) in [5, 5.41) is 13.5.